The van der Waals surface area contributed by atoms with Crippen molar-refractivity contribution in [1.82, 2.24) is 9.62 Å². The molecule has 0 aliphatic heterocycles. The van der Waals surface area contributed by atoms with E-state index in [1.54, 1.807) is 0 Å². The largest absolute Gasteiger partial charge is 0.332 e. The van der Waals surface area contributed by atoms with Crippen LogP contribution in [0.2, 0.25) is 0 Å². The molecule has 30 heavy (non-hydrogen) atoms. The Balaban J connectivity index is 1.65. The average molecular weight is 434 g/mol. The first kappa shape index (κ1) is 21.9. The number of nitrogens with zero attached hydrogens (tertiary/aromatic N) is 1. The average Bonchev–Trinajstić information content (AvgIpc) is 3.19. The maximum Gasteiger partial charge on any atom is 0.254 e. The number of carbonyl (C=O) groups excluding carboxylic acids is 2. The third kappa shape index (κ3) is 5.64. The van der Waals surface area contributed by atoms with Crippen LogP contribution in [0.25, 0.3) is 0 Å². The molecule has 0 heterocycles. The van der Waals surface area contributed by atoms with Crippen molar-refractivity contribution in [1.29, 1.82) is 0 Å². The standard InChI is InChI=1S/C21H24FN3O4S/c1-25(14-20(26)23-18-10-5-7-16(22)13-18)21(27)15-6-4-11-19(12-15)30(28,29)24-17-8-2-3-9-17/h4-7,10-13,17,24H,2-3,8-9,14H2,1H3,(H,23,26). The lowest BCUT2D eigenvalue weighted by Crippen LogP contribution is -2.35. The van der Waals surface area contributed by atoms with Gasteiger partial charge in [0.05, 0.1) is 11.4 Å². The Hall–Kier alpha value is -2.78. The summed E-state index contributed by atoms with van der Waals surface area (Å²) in [5, 5.41) is 2.52. The Morgan fingerprint density at radius 3 is 2.50 bits per heavy atom. The molecule has 2 amide bonds. The lowest BCUT2D eigenvalue weighted by atomic mass is 10.2. The van der Waals surface area contributed by atoms with Gasteiger partial charge in [-0.05, 0) is 49.2 Å². The zero-order valence-electron chi connectivity index (χ0n) is 16.6. The SMILES string of the molecule is CN(CC(=O)Nc1cccc(F)c1)C(=O)c1cccc(S(=O)(=O)NC2CCCC2)c1. The molecule has 1 aliphatic rings. The van der Waals surface area contributed by atoms with Crippen molar-refractivity contribution in [2.24, 2.45) is 0 Å². The molecule has 1 fully saturated rings. The normalized spacial score (nSPS) is 14.5. The zero-order chi connectivity index (χ0) is 21.7. The third-order valence-corrected chi connectivity index (χ3v) is 6.42. The zero-order valence-corrected chi connectivity index (χ0v) is 17.4. The van der Waals surface area contributed by atoms with Gasteiger partial charge in [0.15, 0.2) is 0 Å². The number of sulfonamides is 1. The quantitative estimate of drug-likeness (QED) is 0.702. The van der Waals surface area contributed by atoms with Crippen LogP contribution < -0.4 is 10.0 Å². The molecule has 0 unspecified atom stereocenters. The molecule has 0 bridgehead atoms. The molecular formula is C21H24FN3O4S. The first-order chi connectivity index (χ1) is 14.2. The Labute approximate surface area is 175 Å². The highest BCUT2D eigenvalue weighted by atomic mass is 32.2. The van der Waals surface area contributed by atoms with E-state index in [1.807, 2.05) is 0 Å². The predicted octanol–water partition coefficient (Wildman–Crippen LogP) is 2.76. The summed E-state index contributed by atoms with van der Waals surface area (Å²) in [6.45, 7) is -0.271. The van der Waals surface area contributed by atoms with Gasteiger partial charge in [-0.3, -0.25) is 9.59 Å². The molecule has 1 saturated carbocycles. The van der Waals surface area contributed by atoms with Gasteiger partial charge in [0.1, 0.15) is 5.82 Å². The van der Waals surface area contributed by atoms with Crippen LogP contribution >= 0.6 is 0 Å². The maximum atomic E-state index is 13.2. The van der Waals surface area contributed by atoms with Crippen LogP contribution in [0.5, 0.6) is 0 Å². The second-order valence-electron chi connectivity index (χ2n) is 7.35. The summed E-state index contributed by atoms with van der Waals surface area (Å²) in [6.07, 6.45) is 3.60. The van der Waals surface area contributed by atoms with Crippen LogP contribution in [0.3, 0.4) is 0 Å². The molecule has 160 valence electrons. The van der Waals surface area contributed by atoms with Crippen molar-refractivity contribution >= 4 is 27.5 Å². The molecule has 7 nitrogen and oxygen atoms in total. The van der Waals surface area contributed by atoms with Gasteiger partial charge < -0.3 is 10.2 Å². The van der Waals surface area contributed by atoms with Gasteiger partial charge in [-0.15, -0.1) is 0 Å². The topological polar surface area (TPSA) is 95.6 Å². The van der Waals surface area contributed by atoms with Crippen LogP contribution in [0, 0.1) is 5.82 Å². The van der Waals surface area contributed by atoms with Crippen molar-refractivity contribution in [2.45, 2.75) is 36.6 Å². The molecule has 9 heteroatoms. The lowest BCUT2D eigenvalue weighted by Gasteiger charge is -2.18. The number of hydrogen-bond donors (Lipinski definition) is 2. The van der Waals surface area contributed by atoms with E-state index in [2.05, 4.69) is 10.0 Å². The number of carbonyl (C=O) groups is 2. The van der Waals surface area contributed by atoms with Crippen molar-refractivity contribution < 1.29 is 22.4 Å². The number of amides is 2. The Morgan fingerprint density at radius 1 is 1.10 bits per heavy atom. The molecular weight excluding hydrogens is 409 g/mol. The summed E-state index contributed by atoms with van der Waals surface area (Å²) in [7, 11) is -2.29. The number of hydrogen-bond acceptors (Lipinski definition) is 4. The molecule has 3 rings (SSSR count). The van der Waals surface area contributed by atoms with Crippen LogP contribution in [0.4, 0.5) is 10.1 Å². The van der Waals surface area contributed by atoms with Gasteiger partial charge in [-0.2, -0.15) is 0 Å². The van der Waals surface area contributed by atoms with E-state index in [4.69, 9.17) is 0 Å². The number of likely N-dealkylation sites (N-methyl/N-ethyl adjacent to an activating group) is 1. The lowest BCUT2D eigenvalue weighted by molar-refractivity contribution is -0.116. The van der Waals surface area contributed by atoms with Crippen LogP contribution in [0.15, 0.2) is 53.4 Å². The van der Waals surface area contributed by atoms with E-state index in [1.165, 1.54) is 60.5 Å². The summed E-state index contributed by atoms with van der Waals surface area (Å²) < 4.78 is 41.1. The minimum Gasteiger partial charge on any atom is -0.332 e. The Morgan fingerprint density at radius 2 is 1.80 bits per heavy atom. The highest BCUT2D eigenvalue weighted by Gasteiger charge is 2.24. The molecule has 2 aromatic rings. The third-order valence-electron chi connectivity index (χ3n) is 4.90. The van der Waals surface area contributed by atoms with Crippen LogP contribution in [-0.4, -0.2) is 44.8 Å². The predicted molar refractivity (Wildman–Crippen MR) is 111 cm³/mol. The Kier molecular flexibility index (Phi) is 6.84. The molecule has 0 aromatic heterocycles. The fraction of sp³-hybridized carbons (Fsp3) is 0.333. The fourth-order valence-corrected chi connectivity index (χ4v) is 4.75. The van der Waals surface area contributed by atoms with E-state index in [0.717, 1.165) is 25.7 Å². The highest BCUT2D eigenvalue weighted by Crippen LogP contribution is 2.21. The van der Waals surface area contributed by atoms with Gasteiger partial charge in [0.2, 0.25) is 15.9 Å². The van der Waals surface area contributed by atoms with Gasteiger partial charge in [-0.25, -0.2) is 17.5 Å². The first-order valence-corrected chi connectivity index (χ1v) is 11.2. The first-order valence-electron chi connectivity index (χ1n) is 9.68. The Bertz CT molecular complexity index is 1040. The number of nitrogens with one attached hydrogen (secondary N) is 2. The van der Waals surface area contributed by atoms with E-state index in [-0.39, 0.29) is 28.7 Å². The number of benzene rings is 2. The molecule has 0 atom stereocenters. The molecule has 2 aromatic carbocycles. The number of halogens is 1. The molecule has 0 saturated heterocycles. The second-order valence-corrected chi connectivity index (χ2v) is 9.06. The van der Waals surface area contributed by atoms with Crippen molar-refractivity contribution in [3.63, 3.8) is 0 Å². The summed E-state index contributed by atoms with van der Waals surface area (Å²) in [6, 6.07) is 11.1. The second kappa shape index (κ2) is 9.36. The minimum absolute atomic E-state index is 0.0119. The summed E-state index contributed by atoms with van der Waals surface area (Å²) in [4.78, 5) is 26.0. The number of rotatable bonds is 7. The van der Waals surface area contributed by atoms with Crippen LogP contribution in [-0.2, 0) is 14.8 Å². The van der Waals surface area contributed by atoms with E-state index >= 15 is 0 Å². The smallest absolute Gasteiger partial charge is 0.254 e. The monoisotopic (exact) mass is 433 g/mol. The minimum atomic E-state index is -3.73. The van der Waals surface area contributed by atoms with Crippen LogP contribution in [0.1, 0.15) is 36.0 Å². The van der Waals surface area contributed by atoms with Gasteiger partial charge >= 0.3 is 0 Å². The van der Waals surface area contributed by atoms with Gasteiger partial charge in [0, 0.05) is 24.3 Å². The summed E-state index contributed by atoms with van der Waals surface area (Å²) in [5.74, 6) is -1.48. The van der Waals surface area contributed by atoms with Gasteiger partial charge in [-0.1, -0.05) is 25.0 Å². The van der Waals surface area contributed by atoms with Crippen molar-refractivity contribution in [3.8, 4) is 0 Å². The fourth-order valence-electron chi connectivity index (χ4n) is 3.40. The maximum absolute atomic E-state index is 13.2. The molecule has 2 N–H and O–H groups in total. The number of anilines is 1. The van der Waals surface area contributed by atoms with E-state index < -0.39 is 27.7 Å². The molecule has 1 aliphatic carbocycles. The van der Waals surface area contributed by atoms with Crippen molar-refractivity contribution in [3.05, 3.63) is 59.9 Å². The molecule has 0 spiro atoms. The van der Waals surface area contributed by atoms with E-state index in [9.17, 15) is 22.4 Å². The molecule has 0 radical (unpaired) electrons. The summed E-state index contributed by atoms with van der Waals surface area (Å²) in [5.41, 5.74) is 0.442. The van der Waals surface area contributed by atoms with E-state index in [0.29, 0.717) is 0 Å². The summed E-state index contributed by atoms with van der Waals surface area (Å²) >= 11 is 0. The van der Waals surface area contributed by atoms with Crippen molar-refractivity contribution in [2.75, 3.05) is 18.9 Å². The highest BCUT2D eigenvalue weighted by molar-refractivity contribution is 7.89. The van der Waals surface area contributed by atoms with Gasteiger partial charge in [0.25, 0.3) is 5.91 Å².